The number of carbonyl (C=O) groups excluding carboxylic acids is 2. The number of hydrogen-bond acceptors (Lipinski definition) is 6. The molecule has 1 aliphatic carbocycles. The molecule has 1 saturated carbocycles. The van der Waals surface area contributed by atoms with E-state index < -0.39 is 11.9 Å². The van der Waals surface area contributed by atoms with E-state index in [-0.39, 0.29) is 11.8 Å². The fraction of sp³-hybridized carbons (Fsp3) is 0.464. The van der Waals surface area contributed by atoms with Crippen molar-refractivity contribution >= 4 is 23.8 Å². The second kappa shape index (κ2) is 14.7. The van der Waals surface area contributed by atoms with E-state index >= 15 is 0 Å². The predicted molar refractivity (Wildman–Crippen MR) is 139 cm³/mol. The molecule has 0 spiro atoms. The van der Waals surface area contributed by atoms with Crippen molar-refractivity contribution in [3.8, 4) is 5.75 Å². The van der Waals surface area contributed by atoms with E-state index in [0.717, 1.165) is 23.7 Å². The Kier molecular flexibility index (Phi) is 11.1. The van der Waals surface area contributed by atoms with Crippen LogP contribution in [0.1, 0.15) is 54.4 Å². The summed E-state index contributed by atoms with van der Waals surface area (Å²) < 4.78 is 5.96. The van der Waals surface area contributed by atoms with E-state index in [4.69, 9.17) is 24.5 Å². The van der Waals surface area contributed by atoms with Crippen molar-refractivity contribution in [2.45, 2.75) is 44.9 Å². The molecule has 1 aromatic carbocycles. The first-order chi connectivity index (χ1) is 18.3. The summed E-state index contributed by atoms with van der Waals surface area (Å²) in [6.45, 7) is 2.93. The van der Waals surface area contributed by atoms with Crippen molar-refractivity contribution in [1.29, 1.82) is 0 Å². The van der Waals surface area contributed by atoms with E-state index in [0.29, 0.717) is 44.8 Å². The van der Waals surface area contributed by atoms with Gasteiger partial charge in [0.25, 0.3) is 5.91 Å². The summed E-state index contributed by atoms with van der Waals surface area (Å²) >= 11 is 0. The molecule has 2 aliphatic rings. The van der Waals surface area contributed by atoms with Crippen LogP contribution in [-0.4, -0.2) is 81.5 Å². The number of carbonyl (C=O) groups is 4. The Morgan fingerprint density at radius 1 is 0.868 bits per heavy atom. The molecule has 10 nitrogen and oxygen atoms in total. The molecule has 204 valence electrons. The molecule has 2 heterocycles. The molecule has 0 atom stereocenters. The average molecular weight is 526 g/mol. The highest BCUT2D eigenvalue weighted by Crippen LogP contribution is 2.26. The first-order valence-electron chi connectivity index (χ1n) is 13.0. The van der Waals surface area contributed by atoms with Crippen molar-refractivity contribution in [2.24, 2.45) is 5.92 Å². The molecule has 38 heavy (non-hydrogen) atoms. The van der Waals surface area contributed by atoms with Gasteiger partial charge in [-0.1, -0.05) is 38.2 Å². The smallest absolute Gasteiger partial charge is 0.414 e. The number of pyridine rings is 1. The van der Waals surface area contributed by atoms with Crippen molar-refractivity contribution in [1.82, 2.24) is 14.8 Å². The summed E-state index contributed by atoms with van der Waals surface area (Å²) in [5.74, 6) is -2.01. The summed E-state index contributed by atoms with van der Waals surface area (Å²) in [7, 11) is 0. The second-order valence-corrected chi connectivity index (χ2v) is 9.48. The van der Waals surface area contributed by atoms with Gasteiger partial charge in [-0.25, -0.2) is 9.59 Å². The third-order valence-corrected chi connectivity index (χ3v) is 6.81. The maximum Gasteiger partial charge on any atom is 0.414 e. The lowest BCUT2D eigenvalue weighted by Gasteiger charge is -2.35. The van der Waals surface area contributed by atoms with Gasteiger partial charge in [0.05, 0.1) is 13.0 Å². The molecular weight excluding hydrogens is 490 g/mol. The molecule has 1 saturated heterocycles. The number of nitrogens with zero attached hydrogens (tertiary/aromatic N) is 3. The van der Waals surface area contributed by atoms with Gasteiger partial charge < -0.3 is 24.7 Å². The van der Waals surface area contributed by atoms with Crippen LogP contribution in [0.4, 0.5) is 0 Å². The second-order valence-electron chi connectivity index (χ2n) is 9.48. The van der Waals surface area contributed by atoms with E-state index in [1.54, 1.807) is 12.4 Å². The Hall–Kier alpha value is -3.95. The number of aromatic nitrogens is 1. The summed E-state index contributed by atoms with van der Waals surface area (Å²) in [5, 5.41) is 14.8. The maximum atomic E-state index is 13.0. The summed E-state index contributed by atoms with van der Waals surface area (Å²) in [6, 6.07) is 11.2. The zero-order chi connectivity index (χ0) is 27.3. The van der Waals surface area contributed by atoms with Crippen LogP contribution in [0.25, 0.3) is 0 Å². The number of carboxylic acids is 2. The molecule has 10 heteroatoms. The summed E-state index contributed by atoms with van der Waals surface area (Å²) in [4.78, 5) is 51.4. The number of ether oxygens (including phenoxy) is 1. The fourth-order valence-electron chi connectivity index (χ4n) is 4.67. The third-order valence-electron chi connectivity index (χ3n) is 6.81. The first-order valence-corrected chi connectivity index (χ1v) is 13.0. The van der Waals surface area contributed by atoms with E-state index in [2.05, 4.69) is 4.98 Å². The van der Waals surface area contributed by atoms with Crippen molar-refractivity contribution in [2.75, 3.05) is 32.8 Å². The van der Waals surface area contributed by atoms with Gasteiger partial charge in [0.15, 0.2) is 0 Å². The number of benzene rings is 1. The number of aliphatic carboxylic acids is 2. The Morgan fingerprint density at radius 2 is 1.50 bits per heavy atom. The molecule has 0 unspecified atom stereocenters. The fourth-order valence-corrected chi connectivity index (χ4v) is 4.67. The predicted octanol–water partition coefficient (Wildman–Crippen LogP) is 3.11. The van der Waals surface area contributed by atoms with Crippen LogP contribution >= 0.6 is 0 Å². The van der Waals surface area contributed by atoms with Gasteiger partial charge in [-0.2, -0.15) is 0 Å². The highest BCUT2D eigenvalue weighted by molar-refractivity contribution is 6.27. The standard InChI is InChI=1S/C26H33N3O3.C2H2O4/c30-25(19-22-9-12-27-13-10-22)28-14-16-29(17-15-28)26(31)23-7-4-8-24(20-23)32-18-11-21-5-2-1-3-6-21;3-1(4)2(5)6/h4,7-10,12-13,20-21H,1-3,5-6,11,14-19H2;(H,3,4)(H,5,6). The number of amides is 2. The van der Waals surface area contributed by atoms with Gasteiger partial charge in [0, 0.05) is 44.1 Å². The average Bonchev–Trinajstić information content (AvgIpc) is 2.94. The van der Waals surface area contributed by atoms with Crippen molar-refractivity contribution in [3.63, 3.8) is 0 Å². The zero-order valence-electron chi connectivity index (χ0n) is 21.5. The van der Waals surface area contributed by atoms with Crippen LogP contribution in [0.3, 0.4) is 0 Å². The molecule has 2 amide bonds. The minimum absolute atomic E-state index is 0.00367. The van der Waals surface area contributed by atoms with Gasteiger partial charge >= 0.3 is 11.9 Å². The topological polar surface area (TPSA) is 137 Å². The van der Waals surface area contributed by atoms with Crippen LogP contribution < -0.4 is 4.74 Å². The van der Waals surface area contributed by atoms with Crippen molar-refractivity contribution < 1.29 is 34.1 Å². The Balaban J connectivity index is 0.000000599. The van der Waals surface area contributed by atoms with Gasteiger partial charge in [0.1, 0.15) is 5.75 Å². The highest BCUT2D eigenvalue weighted by Gasteiger charge is 2.25. The lowest BCUT2D eigenvalue weighted by Crippen LogP contribution is -2.51. The molecule has 2 N–H and O–H groups in total. The molecule has 0 bridgehead atoms. The number of carboxylic acid groups (broad SMARTS) is 2. The van der Waals surface area contributed by atoms with Crippen LogP contribution in [0.15, 0.2) is 48.8 Å². The number of hydrogen-bond donors (Lipinski definition) is 2. The number of piperazine rings is 1. The van der Waals surface area contributed by atoms with Crippen LogP contribution in [0.2, 0.25) is 0 Å². The van der Waals surface area contributed by atoms with Gasteiger partial charge in [-0.15, -0.1) is 0 Å². The largest absolute Gasteiger partial charge is 0.494 e. The monoisotopic (exact) mass is 525 g/mol. The van der Waals surface area contributed by atoms with Crippen LogP contribution in [-0.2, 0) is 20.8 Å². The Morgan fingerprint density at radius 3 is 2.13 bits per heavy atom. The Bertz CT molecular complexity index is 1070. The summed E-state index contributed by atoms with van der Waals surface area (Å²) in [5.41, 5.74) is 1.61. The maximum absolute atomic E-state index is 13.0. The van der Waals surface area contributed by atoms with Gasteiger partial charge in [-0.05, 0) is 48.2 Å². The highest BCUT2D eigenvalue weighted by atomic mass is 16.5. The van der Waals surface area contributed by atoms with Gasteiger partial charge in [-0.3, -0.25) is 14.6 Å². The Labute approximate surface area is 222 Å². The molecule has 2 fully saturated rings. The number of rotatable bonds is 7. The van der Waals surface area contributed by atoms with Crippen LogP contribution in [0, 0.1) is 5.92 Å². The zero-order valence-corrected chi connectivity index (χ0v) is 21.5. The van der Waals surface area contributed by atoms with E-state index in [1.165, 1.54) is 32.1 Å². The summed E-state index contributed by atoms with van der Waals surface area (Å²) in [6.07, 6.45) is 11.6. The van der Waals surface area contributed by atoms with E-state index in [1.807, 2.05) is 46.2 Å². The van der Waals surface area contributed by atoms with Crippen molar-refractivity contribution in [3.05, 3.63) is 59.9 Å². The van der Waals surface area contributed by atoms with E-state index in [9.17, 15) is 9.59 Å². The first kappa shape index (κ1) is 28.6. The van der Waals surface area contributed by atoms with Gasteiger partial charge in [0.2, 0.25) is 5.91 Å². The lowest BCUT2D eigenvalue weighted by molar-refractivity contribution is -0.159. The minimum Gasteiger partial charge on any atom is -0.494 e. The molecule has 1 aromatic heterocycles. The molecule has 2 aromatic rings. The minimum atomic E-state index is -1.82. The molecule has 0 radical (unpaired) electrons. The third kappa shape index (κ3) is 9.17. The molecule has 1 aliphatic heterocycles. The normalized spacial score (nSPS) is 15.7. The molecular formula is C28H35N3O7. The lowest BCUT2D eigenvalue weighted by atomic mass is 9.87. The SMILES string of the molecule is O=C(Cc1ccncc1)N1CCN(C(=O)c2cccc(OCCC3CCCCC3)c2)CC1.O=C(O)C(=O)O. The quantitative estimate of drug-likeness (QED) is 0.526. The van der Waals surface area contributed by atoms with Crippen LogP contribution in [0.5, 0.6) is 5.75 Å². The molecule has 4 rings (SSSR count).